The summed E-state index contributed by atoms with van der Waals surface area (Å²) in [6.07, 6.45) is 0. The summed E-state index contributed by atoms with van der Waals surface area (Å²) in [6.45, 7) is 3.67. The van der Waals surface area contributed by atoms with Gasteiger partial charge < -0.3 is 15.2 Å². The molecule has 0 aliphatic carbocycles. The molecule has 0 bridgehead atoms. The number of fused-ring (bicyclic) bond motifs is 1. The number of hydrogen-bond donors (Lipinski definition) is 1. The number of esters is 1. The molecule has 2 N–H and O–H groups in total. The molecule has 1 unspecified atom stereocenters. The van der Waals surface area contributed by atoms with E-state index in [9.17, 15) is 20.2 Å². The summed E-state index contributed by atoms with van der Waals surface area (Å²) in [6, 6.07) is 7.92. The van der Waals surface area contributed by atoms with Crippen LogP contribution in [-0.2, 0) is 4.74 Å². The molecule has 0 radical (unpaired) electrons. The maximum atomic E-state index is 12.3. The van der Waals surface area contributed by atoms with Gasteiger partial charge in [0.05, 0.1) is 22.3 Å². The van der Waals surface area contributed by atoms with Crippen molar-refractivity contribution in [1.82, 2.24) is 0 Å². The van der Waals surface area contributed by atoms with Crippen LogP contribution in [0.3, 0.4) is 0 Å². The molecule has 0 spiro atoms. The van der Waals surface area contributed by atoms with E-state index in [-0.39, 0.29) is 35.1 Å². The molecule has 1 aliphatic heterocycles. The SMILES string of the molecule is CCOC(=O)c1c(C)sc2c1OC(N)=C(C#N)C2c1ccc([N+](=O)[O-])cc1. The molecule has 1 aromatic heterocycles. The number of carbonyl (C=O) groups excluding carboxylic acids is 1. The lowest BCUT2D eigenvalue weighted by atomic mass is 9.88. The van der Waals surface area contributed by atoms with Crippen LogP contribution in [0.2, 0.25) is 0 Å². The Morgan fingerprint density at radius 1 is 1.44 bits per heavy atom. The van der Waals surface area contributed by atoms with Crippen molar-refractivity contribution in [2.75, 3.05) is 6.61 Å². The maximum absolute atomic E-state index is 12.3. The largest absolute Gasteiger partial charge is 0.462 e. The highest BCUT2D eigenvalue weighted by atomic mass is 32.1. The van der Waals surface area contributed by atoms with Gasteiger partial charge in [-0.05, 0) is 19.4 Å². The van der Waals surface area contributed by atoms with Crippen LogP contribution in [-0.4, -0.2) is 17.5 Å². The number of nitriles is 1. The molecule has 1 aromatic carbocycles. The third-order valence-electron chi connectivity index (χ3n) is 4.13. The number of rotatable bonds is 4. The highest BCUT2D eigenvalue weighted by Gasteiger charge is 2.37. The molecule has 27 heavy (non-hydrogen) atoms. The second kappa shape index (κ2) is 7.09. The molecule has 0 saturated carbocycles. The number of nitro benzene ring substituents is 1. The Balaban J connectivity index is 2.17. The molecule has 1 aliphatic rings. The van der Waals surface area contributed by atoms with E-state index < -0.39 is 16.8 Å². The topological polar surface area (TPSA) is 128 Å². The van der Waals surface area contributed by atoms with Crippen LogP contribution in [0, 0.1) is 28.4 Å². The van der Waals surface area contributed by atoms with Crippen LogP contribution in [0.25, 0.3) is 0 Å². The van der Waals surface area contributed by atoms with Crippen molar-refractivity contribution in [2.24, 2.45) is 5.73 Å². The van der Waals surface area contributed by atoms with Gasteiger partial charge in [-0.2, -0.15) is 5.26 Å². The fraction of sp³-hybridized carbons (Fsp3) is 0.222. The van der Waals surface area contributed by atoms with E-state index in [1.807, 2.05) is 6.07 Å². The van der Waals surface area contributed by atoms with Gasteiger partial charge in [-0.1, -0.05) is 12.1 Å². The number of aryl methyl sites for hydroxylation is 1. The molecule has 0 amide bonds. The van der Waals surface area contributed by atoms with Gasteiger partial charge in [-0.15, -0.1) is 11.3 Å². The van der Waals surface area contributed by atoms with E-state index in [0.717, 1.165) is 0 Å². The molecule has 0 saturated heterocycles. The Hall–Kier alpha value is -3.38. The predicted molar refractivity (Wildman–Crippen MR) is 97.4 cm³/mol. The number of hydrogen-bond acceptors (Lipinski definition) is 8. The highest BCUT2D eigenvalue weighted by Crippen LogP contribution is 2.49. The van der Waals surface area contributed by atoms with Gasteiger partial charge in [-0.3, -0.25) is 10.1 Å². The van der Waals surface area contributed by atoms with Crippen molar-refractivity contribution in [3.8, 4) is 11.8 Å². The van der Waals surface area contributed by atoms with Crippen molar-refractivity contribution in [3.63, 3.8) is 0 Å². The zero-order valence-electron chi connectivity index (χ0n) is 14.5. The number of nitrogens with two attached hydrogens (primary N) is 1. The van der Waals surface area contributed by atoms with Gasteiger partial charge in [0.2, 0.25) is 5.88 Å². The zero-order valence-corrected chi connectivity index (χ0v) is 15.3. The van der Waals surface area contributed by atoms with Crippen molar-refractivity contribution in [3.05, 3.63) is 66.7 Å². The summed E-state index contributed by atoms with van der Waals surface area (Å²) >= 11 is 1.31. The van der Waals surface area contributed by atoms with Crippen LogP contribution < -0.4 is 10.5 Å². The first-order chi connectivity index (χ1) is 12.9. The molecule has 0 fully saturated rings. The Labute approximate surface area is 158 Å². The van der Waals surface area contributed by atoms with Gasteiger partial charge >= 0.3 is 5.97 Å². The molecule has 1 atom stereocenters. The van der Waals surface area contributed by atoms with Crippen molar-refractivity contribution < 1.29 is 19.2 Å². The minimum atomic E-state index is -0.577. The Morgan fingerprint density at radius 2 is 2.11 bits per heavy atom. The number of thiophene rings is 1. The summed E-state index contributed by atoms with van der Waals surface area (Å²) in [5.41, 5.74) is 6.99. The normalized spacial score (nSPS) is 15.5. The Kier molecular flexibility index (Phi) is 4.83. The van der Waals surface area contributed by atoms with Crippen LogP contribution >= 0.6 is 11.3 Å². The summed E-state index contributed by atoms with van der Waals surface area (Å²) in [7, 11) is 0. The van der Waals surface area contributed by atoms with E-state index in [0.29, 0.717) is 15.3 Å². The number of nitro groups is 1. The standard InChI is InChI=1S/C18H15N3O5S/c1-3-25-18(22)13-9(2)27-16-14(12(8-19)17(20)26-15(13)16)10-4-6-11(7-5-10)21(23)24/h4-7,14H,3,20H2,1-2H3. The molecule has 2 aromatic rings. The van der Waals surface area contributed by atoms with Gasteiger partial charge in [0.1, 0.15) is 17.2 Å². The fourth-order valence-corrected chi connectivity index (χ4v) is 4.16. The average Bonchev–Trinajstić information content (AvgIpc) is 2.96. The number of non-ortho nitro benzene ring substituents is 1. The van der Waals surface area contributed by atoms with E-state index in [1.165, 1.54) is 23.5 Å². The Bertz CT molecular complexity index is 1000. The minimum absolute atomic E-state index is 0.0592. The molecular weight excluding hydrogens is 370 g/mol. The number of ether oxygens (including phenoxy) is 2. The van der Waals surface area contributed by atoms with Gasteiger partial charge in [-0.25, -0.2) is 4.79 Å². The lowest BCUT2D eigenvalue weighted by Crippen LogP contribution is -2.21. The van der Waals surface area contributed by atoms with E-state index in [2.05, 4.69) is 0 Å². The molecule has 2 heterocycles. The lowest BCUT2D eigenvalue weighted by molar-refractivity contribution is -0.384. The number of carbonyl (C=O) groups is 1. The second-order valence-electron chi connectivity index (χ2n) is 5.72. The summed E-state index contributed by atoms with van der Waals surface area (Å²) in [5, 5.41) is 20.5. The molecule has 138 valence electrons. The summed E-state index contributed by atoms with van der Waals surface area (Å²) in [5.74, 6) is -0.929. The smallest absolute Gasteiger partial charge is 0.343 e. The monoisotopic (exact) mass is 385 g/mol. The minimum Gasteiger partial charge on any atom is -0.462 e. The predicted octanol–water partition coefficient (Wildman–Crippen LogP) is 3.36. The van der Waals surface area contributed by atoms with E-state index in [4.69, 9.17) is 15.2 Å². The third-order valence-corrected chi connectivity index (χ3v) is 5.28. The van der Waals surface area contributed by atoms with Gasteiger partial charge in [0.15, 0.2) is 5.75 Å². The number of allylic oxidation sites excluding steroid dienone is 1. The lowest BCUT2D eigenvalue weighted by Gasteiger charge is -2.24. The Morgan fingerprint density at radius 3 is 2.67 bits per heavy atom. The van der Waals surface area contributed by atoms with E-state index in [1.54, 1.807) is 26.0 Å². The number of nitrogens with zero attached hydrogens (tertiary/aromatic N) is 2. The fourth-order valence-electron chi connectivity index (χ4n) is 2.94. The first-order valence-corrected chi connectivity index (χ1v) is 8.83. The third kappa shape index (κ3) is 3.11. The van der Waals surface area contributed by atoms with Crippen LogP contribution in [0.15, 0.2) is 35.7 Å². The van der Waals surface area contributed by atoms with Crippen LogP contribution in [0.5, 0.6) is 5.75 Å². The first-order valence-electron chi connectivity index (χ1n) is 8.01. The molecule has 3 rings (SSSR count). The van der Waals surface area contributed by atoms with Crippen molar-refractivity contribution in [1.29, 1.82) is 5.26 Å². The second-order valence-corrected chi connectivity index (χ2v) is 6.98. The van der Waals surface area contributed by atoms with Crippen LogP contribution in [0.4, 0.5) is 5.69 Å². The molecular formula is C18H15N3O5S. The summed E-state index contributed by atoms with van der Waals surface area (Å²) in [4.78, 5) is 24.0. The maximum Gasteiger partial charge on any atom is 0.343 e. The van der Waals surface area contributed by atoms with Crippen LogP contribution in [0.1, 0.15) is 38.5 Å². The highest BCUT2D eigenvalue weighted by molar-refractivity contribution is 7.12. The van der Waals surface area contributed by atoms with Gasteiger partial charge in [0, 0.05) is 17.0 Å². The van der Waals surface area contributed by atoms with E-state index >= 15 is 0 Å². The van der Waals surface area contributed by atoms with Crippen molar-refractivity contribution in [2.45, 2.75) is 19.8 Å². The summed E-state index contributed by atoms with van der Waals surface area (Å²) < 4.78 is 10.7. The molecule has 8 nitrogen and oxygen atoms in total. The first kappa shape index (κ1) is 18.4. The zero-order chi connectivity index (χ0) is 19.7. The average molecular weight is 385 g/mol. The van der Waals surface area contributed by atoms with Gasteiger partial charge in [0.25, 0.3) is 5.69 Å². The molecule has 9 heteroatoms. The number of benzene rings is 1. The van der Waals surface area contributed by atoms with Crippen molar-refractivity contribution >= 4 is 23.0 Å². The quantitative estimate of drug-likeness (QED) is 0.485.